The van der Waals surface area contributed by atoms with Gasteiger partial charge in [0.15, 0.2) is 0 Å². The first kappa shape index (κ1) is 21.7. The molecule has 0 radical (unpaired) electrons. The number of carboxylic acid groups (broad SMARTS) is 1. The van der Waals surface area contributed by atoms with E-state index < -0.39 is 5.97 Å². The molecule has 7 nitrogen and oxygen atoms in total. The van der Waals surface area contributed by atoms with Gasteiger partial charge in [0, 0.05) is 28.7 Å². The zero-order valence-corrected chi connectivity index (χ0v) is 19.2. The number of pyridine rings is 1. The van der Waals surface area contributed by atoms with E-state index >= 15 is 0 Å². The average molecular weight is 472 g/mol. The maximum Gasteiger partial charge on any atom is 0.352 e. The predicted octanol–water partition coefficient (Wildman–Crippen LogP) is 6.04. The number of aromatic nitrogens is 3. The van der Waals surface area contributed by atoms with Crippen LogP contribution in [-0.2, 0) is 6.54 Å². The fourth-order valence-electron chi connectivity index (χ4n) is 3.85. The van der Waals surface area contributed by atoms with Crippen molar-refractivity contribution in [3.05, 3.63) is 89.7 Å². The van der Waals surface area contributed by atoms with Gasteiger partial charge in [0.1, 0.15) is 23.8 Å². The number of thiazole rings is 1. The summed E-state index contributed by atoms with van der Waals surface area (Å²) in [6.07, 6.45) is 3.40. The zero-order chi connectivity index (χ0) is 23.5. The quantitative estimate of drug-likeness (QED) is 0.297. The summed E-state index contributed by atoms with van der Waals surface area (Å²) in [5.74, 6) is 0.347. The molecule has 0 aliphatic rings. The van der Waals surface area contributed by atoms with Crippen LogP contribution in [0.5, 0.6) is 16.7 Å². The first-order chi connectivity index (χ1) is 16.6. The van der Waals surface area contributed by atoms with E-state index in [-0.39, 0.29) is 5.69 Å². The van der Waals surface area contributed by atoms with Gasteiger partial charge >= 0.3 is 5.97 Å². The molecule has 8 heteroatoms. The van der Waals surface area contributed by atoms with Gasteiger partial charge in [-0.25, -0.2) is 9.78 Å². The maximum atomic E-state index is 12.0. The van der Waals surface area contributed by atoms with Crippen molar-refractivity contribution in [3.63, 3.8) is 0 Å². The van der Waals surface area contributed by atoms with Gasteiger partial charge in [-0.05, 0) is 49.4 Å². The van der Waals surface area contributed by atoms with Crippen molar-refractivity contribution in [2.24, 2.45) is 0 Å². The molecule has 5 aromatic rings. The molecule has 0 aliphatic carbocycles. The Morgan fingerprint density at radius 3 is 2.59 bits per heavy atom. The van der Waals surface area contributed by atoms with Crippen molar-refractivity contribution in [1.29, 1.82) is 0 Å². The molecule has 0 aliphatic heterocycles. The lowest BCUT2D eigenvalue weighted by Gasteiger charge is -2.11. The Morgan fingerprint density at radius 1 is 1.03 bits per heavy atom. The van der Waals surface area contributed by atoms with Gasteiger partial charge in [-0.15, -0.1) is 0 Å². The molecule has 0 saturated heterocycles. The number of fused-ring (bicyclic) bond motifs is 1. The number of ether oxygens (including phenoxy) is 2. The Kier molecular flexibility index (Phi) is 5.97. The Balaban J connectivity index is 1.35. The lowest BCUT2D eigenvalue weighted by atomic mass is 10.1. The molecule has 0 atom stereocenters. The summed E-state index contributed by atoms with van der Waals surface area (Å²) in [6.45, 7) is 2.70. The number of carboxylic acids is 1. The molecule has 0 saturated carbocycles. The number of nitrogens with zero attached hydrogens (tertiary/aromatic N) is 3. The van der Waals surface area contributed by atoms with Crippen LogP contribution < -0.4 is 9.47 Å². The van der Waals surface area contributed by atoms with Crippen molar-refractivity contribution >= 4 is 28.2 Å². The second-order valence-electron chi connectivity index (χ2n) is 7.67. The third-order valence-electron chi connectivity index (χ3n) is 5.36. The minimum Gasteiger partial charge on any atom is -0.492 e. The summed E-state index contributed by atoms with van der Waals surface area (Å²) in [4.78, 5) is 20.6. The summed E-state index contributed by atoms with van der Waals surface area (Å²) in [5, 5.41) is 13.1. The standard InChI is InChI=1S/C26H21N3O4S/c1-17-3-2-4-18(15-17)24-21-16-23(25(30)31)29(22(21)9-10-27-24)12-13-32-19-5-7-20(8-6-19)33-26-28-11-14-34-26/h2-11,14-16H,12-13H2,1H3,(H,30,31). The van der Waals surface area contributed by atoms with Crippen LogP contribution in [0.15, 0.2) is 78.4 Å². The van der Waals surface area contributed by atoms with Crippen molar-refractivity contribution in [2.75, 3.05) is 6.61 Å². The zero-order valence-electron chi connectivity index (χ0n) is 18.3. The number of hydrogen-bond acceptors (Lipinski definition) is 6. The lowest BCUT2D eigenvalue weighted by Crippen LogP contribution is -2.13. The first-order valence-corrected chi connectivity index (χ1v) is 11.6. The normalized spacial score (nSPS) is 11.0. The van der Waals surface area contributed by atoms with Crippen LogP contribution in [0.1, 0.15) is 16.1 Å². The molecule has 3 heterocycles. The summed E-state index contributed by atoms with van der Waals surface area (Å²) >= 11 is 1.42. The highest BCUT2D eigenvalue weighted by atomic mass is 32.1. The van der Waals surface area contributed by atoms with Gasteiger partial charge in [0.2, 0.25) is 0 Å². The van der Waals surface area contributed by atoms with Gasteiger partial charge < -0.3 is 19.1 Å². The third kappa shape index (κ3) is 4.49. The van der Waals surface area contributed by atoms with Crippen molar-refractivity contribution in [1.82, 2.24) is 14.5 Å². The van der Waals surface area contributed by atoms with E-state index in [9.17, 15) is 9.90 Å². The summed E-state index contributed by atoms with van der Waals surface area (Å²) in [7, 11) is 0. The summed E-state index contributed by atoms with van der Waals surface area (Å²) < 4.78 is 13.3. The molecule has 0 bridgehead atoms. The molecule has 170 valence electrons. The van der Waals surface area contributed by atoms with Gasteiger partial charge in [-0.1, -0.05) is 35.1 Å². The van der Waals surface area contributed by atoms with Crippen molar-refractivity contribution in [3.8, 4) is 28.0 Å². The number of hydrogen-bond donors (Lipinski definition) is 1. The Bertz CT molecular complexity index is 1440. The number of benzene rings is 2. The van der Waals surface area contributed by atoms with E-state index in [1.165, 1.54) is 11.3 Å². The van der Waals surface area contributed by atoms with E-state index in [4.69, 9.17) is 9.47 Å². The van der Waals surface area contributed by atoms with Gasteiger partial charge in [-0.2, -0.15) is 0 Å². The molecule has 3 aromatic heterocycles. The molecule has 0 amide bonds. The van der Waals surface area contributed by atoms with Crippen LogP contribution in [0.4, 0.5) is 0 Å². The fourth-order valence-corrected chi connectivity index (χ4v) is 4.35. The van der Waals surface area contributed by atoms with Crippen LogP contribution in [0, 0.1) is 6.92 Å². The smallest absolute Gasteiger partial charge is 0.352 e. The molecule has 0 fully saturated rings. The van der Waals surface area contributed by atoms with Crippen LogP contribution in [0.3, 0.4) is 0 Å². The van der Waals surface area contributed by atoms with E-state index in [1.807, 2.05) is 66.9 Å². The first-order valence-electron chi connectivity index (χ1n) is 10.7. The predicted molar refractivity (Wildman–Crippen MR) is 131 cm³/mol. The monoisotopic (exact) mass is 471 g/mol. The van der Waals surface area contributed by atoms with E-state index in [0.29, 0.717) is 29.8 Å². The molecule has 34 heavy (non-hydrogen) atoms. The highest BCUT2D eigenvalue weighted by Crippen LogP contribution is 2.30. The summed E-state index contributed by atoms with van der Waals surface area (Å²) in [6, 6.07) is 18.8. The minimum absolute atomic E-state index is 0.202. The molecule has 5 rings (SSSR count). The number of carbonyl (C=O) groups is 1. The highest BCUT2D eigenvalue weighted by molar-refractivity contribution is 7.11. The third-order valence-corrected chi connectivity index (χ3v) is 6.01. The number of rotatable bonds is 8. The van der Waals surface area contributed by atoms with Crippen molar-refractivity contribution < 1.29 is 19.4 Å². The summed E-state index contributed by atoms with van der Waals surface area (Å²) in [5.41, 5.74) is 3.84. The number of aromatic carboxylic acids is 1. The SMILES string of the molecule is Cc1cccc(-c2nccc3c2cc(C(=O)O)n3CCOc2ccc(Oc3nccs3)cc2)c1. The molecule has 0 unspecified atom stereocenters. The van der Waals surface area contributed by atoms with Crippen molar-refractivity contribution in [2.45, 2.75) is 13.5 Å². The molecular formula is C26H21N3O4S. The van der Waals surface area contributed by atoms with Crippen LogP contribution >= 0.6 is 11.3 Å². The topological polar surface area (TPSA) is 86.5 Å². The molecule has 2 aromatic carbocycles. The Labute approximate surface area is 199 Å². The largest absolute Gasteiger partial charge is 0.492 e. The van der Waals surface area contributed by atoms with Crippen LogP contribution in [0.2, 0.25) is 0 Å². The van der Waals surface area contributed by atoms with Gasteiger partial charge in [0.25, 0.3) is 5.19 Å². The second-order valence-corrected chi connectivity index (χ2v) is 8.53. The maximum absolute atomic E-state index is 12.0. The Hall–Kier alpha value is -4.17. The Morgan fingerprint density at radius 2 is 1.85 bits per heavy atom. The van der Waals surface area contributed by atoms with E-state index in [0.717, 1.165) is 27.7 Å². The lowest BCUT2D eigenvalue weighted by molar-refractivity contribution is 0.0684. The molecular weight excluding hydrogens is 450 g/mol. The number of aryl methyl sites for hydroxylation is 1. The van der Waals surface area contributed by atoms with Crippen LogP contribution in [0.25, 0.3) is 22.2 Å². The second kappa shape index (κ2) is 9.36. The average Bonchev–Trinajstić information content (AvgIpc) is 3.48. The van der Waals surface area contributed by atoms with Crippen LogP contribution in [-0.4, -0.2) is 32.2 Å². The molecule has 1 N–H and O–H groups in total. The minimum atomic E-state index is -0.991. The van der Waals surface area contributed by atoms with E-state index in [1.54, 1.807) is 23.0 Å². The van der Waals surface area contributed by atoms with Gasteiger partial charge in [-0.3, -0.25) is 4.98 Å². The fraction of sp³-hybridized carbons (Fsp3) is 0.115. The van der Waals surface area contributed by atoms with E-state index in [2.05, 4.69) is 9.97 Å². The highest BCUT2D eigenvalue weighted by Gasteiger charge is 2.18. The molecule has 0 spiro atoms. The van der Waals surface area contributed by atoms with Gasteiger partial charge in [0.05, 0.1) is 17.8 Å².